The highest BCUT2D eigenvalue weighted by atomic mass is 16.5. The molecule has 1 fully saturated rings. The maximum absolute atomic E-state index is 12.5. The number of benzene rings is 1. The molecule has 0 spiro atoms. The number of hydrogen-bond acceptors (Lipinski definition) is 5. The Bertz CT molecular complexity index is 865. The van der Waals surface area contributed by atoms with Gasteiger partial charge in [-0.15, -0.1) is 0 Å². The van der Waals surface area contributed by atoms with Crippen LogP contribution >= 0.6 is 0 Å². The summed E-state index contributed by atoms with van der Waals surface area (Å²) >= 11 is 0. The van der Waals surface area contributed by atoms with Crippen LogP contribution in [0, 0.1) is 0 Å². The fourth-order valence-corrected chi connectivity index (χ4v) is 3.42. The van der Waals surface area contributed by atoms with Gasteiger partial charge in [0.05, 0.1) is 7.11 Å². The van der Waals surface area contributed by atoms with Gasteiger partial charge in [0, 0.05) is 30.9 Å². The number of hydrogen-bond donors (Lipinski definition) is 0. The molecule has 1 amide bonds. The Kier molecular flexibility index (Phi) is 6.13. The third-order valence-corrected chi connectivity index (χ3v) is 4.99. The molecular weight excluding hydrogens is 360 g/mol. The number of methoxy groups -OCH3 is 1. The van der Waals surface area contributed by atoms with Crippen molar-refractivity contribution in [1.29, 1.82) is 0 Å². The van der Waals surface area contributed by atoms with Crippen molar-refractivity contribution in [2.45, 2.75) is 25.8 Å². The standard InChI is InChI=1S/C21H24N2O5/c1-15(24)16-5-3-6-18(13-16)28-14-20(25)22-11-8-17(9-12-22)23-10-4-7-19(23)21(26)27-2/h3-7,10,13,17H,8-9,11-12,14H2,1-2H3. The molecule has 7 heteroatoms. The number of rotatable bonds is 6. The van der Waals surface area contributed by atoms with Gasteiger partial charge < -0.3 is 18.9 Å². The summed E-state index contributed by atoms with van der Waals surface area (Å²) in [5.74, 6) is 0.0123. The number of carbonyl (C=O) groups excluding carboxylic acids is 3. The molecular formula is C21H24N2O5. The third kappa shape index (κ3) is 4.42. The highest BCUT2D eigenvalue weighted by Gasteiger charge is 2.26. The van der Waals surface area contributed by atoms with Gasteiger partial charge >= 0.3 is 5.97 Å². The zero-order chi connectivity index (χ0) is 20.1. The lowest BCUT2D eigenvalue weighted by Crippen LogP contribution is -2.41. The van der Waals surface area contributed by atoms with Crippen molar-refractivity contribution in [2.75, 3.05) is 26.8 Å². The highest BCUT2D eigenvalue weighted by molar-refractivity contribution is 5.94. The van der Waals surface area contributed by atoms with E-state index in [1.807, 2.05) is 16.8 Å². The van der Waals surface area contributed by atoms with E-state index in [9.17, 15) is 14.4 Å². The molecule has 0 bridgehead atoms. The predicted octanol–water partition coefficient (Wildman–Crippen LogP) is 2.72. The molecule has 1 aromatic carbocycles. The van der Waals surface area contributed by atoms with E-state index in [1.165, 1.54) is 14.0 Å². The number of nitrogens with zero attached hydrogens (tertiary/aromatic N) is 2. The molecule has 28 heavy (non-hydrogen) atoms. The first-order chi connectivity index (χ1) is 13.5. The number of esters is 1. The van der Waals surface area contributed by atoms with Gasteiger partial charge in [-0.1, -0.05) is 12.1 Å². The fourth-order valence-electron chi connectivity index (χ4n) is 3.42. The number of ether oxygens (including phenoxy) is 2. The largest absolute Gasteiger partial charge is 0.484 e. The van der Waals surface area contributed by atoms with E-state index in [0.717, 1.165) is 12.8 Å². The Morgan fingerprint density at radius 2 is 1.86 bits per heavy atom. The molecule has 148 valence electrons. The number of likely N-dealkylation sites (tertiary alicyclic amines) is 1. The molecule has 1 saturated heterocycles. The van der Waals surface area contributed by atoms with E-state index in [1.54, 1.807) is 35.2 Å². The second-order valence-electron chi connectivity index (χ2n) is 6.78. The average molecular weight is 384 g/mol. The SMILES string of the molecule is COC(=O)c1cccn1C1CCN(C(=O)COc2cccc(C(C)=O)c2)CC1. The van der Waals surface area contributed by atoms with Gasteiger partial charge in [0.15, 0.2) is 12.4 Å². The van der Waals surface area contributed by atoms with Gasteiger partial charge in [-0.2, -0.15) is 0 Å². The number of carbonyl (C=O) groups is 3. The molecule has 0 atom stereocenters. The van der Waals surface area contributed by atoms with E-state index >= 15 is 0 Å². The van der Waals surface area contributed by atoms with E-state index < -0.39 is 0 Å². The van der Waals surface area contributed by atoms with Crippen LogP contribution in [0.3, 0.4) is 0 Å². The minimum absolute atomic E-state index is 0.0461. The number of Topliss-reactive ketones (excluding diaryl/α,β-unsaturated/α-hetero) is 1. The molecule has 0 saturated carbocycles. The van der Waals surface area contributed by atoms with Crippen LogP contribution in [0.1, 0.15) is 46.7 Å². The molecule has 1 aliphatic heterocycles. The molecule has 1 aromatic heterocycles. The summed E-state index contributed by atoms with van der Waals surface area (Å²) in [6.07, 6.45) is 3.38. The Morgan fingerprint density at radius 1 is 1.11 bits per heavy atom. The Labute approximate surface area is 163 Å². The topological polar surface area (TPSA) is 77.8 Å². The summed E-state index contributed by atoms with van der Waals surface area (Å²) in [6.45, 7) is 2.62. The highest BCUT2D eigenvalue weighted by Crippen LogP contribution is 2.25. The first-order valence-electron chi connectivity index (χ1n) is 9.26. The molecule has 0 radical (unpaired) electrons. The maximum Gasteiger partial charge on any atom is 0.354 e. The van der Waals surface area contributed by atoms with Crippen LogP contribution < -0.4 is 4.74 Å². The van der Waals surface area contributed by atoms with Gasteiger partial charge in [-0.25, -0.2) is 4.79 Å². The van der Waals surface area contributed by atoms with Gasteiger partial charge in [0.2, 0.25) is 0 Å². The van der Waals surface area contributed by atoms with E-state index in [2.05, 4.69) is 0 Å². The van der Waals surface area contributed by atoms with Crippen LogP contribution in [-0.2, 0) is 9.53 Å². The van der Waals surface area contributed by atoms with E-state index in [4.69, 9.17) is 9.47 Å². The first kappa shape index (κ1) is 19.7. The lowest BCUT2D eigenvalue weighted by atomic mass is 10.0. The molecule has 2 heterocycles. The molecule has 0 aliphatic carbocycles. The number of aromatic nitrogens is 1. The smallest absolute Gasteiger partial charge is 0.354 e. The van der Waals surface area contributed by atoms with Crippen molar-refractivity contribution >= 4 is 17.7 Å². The summed E-state index contributed by atoms with van der Waals surface area (Å²) in [4.78, 5) is 37.5. The van der Waals surface area contributed by atoms with Gasteiger partial charge in [0.25, 0.3) is 5.91 Å². The third-order valence-electron chi connectivity index (χ3n) is 4.99. The minimum Gasteiger partial charge on any atom is -0.484 e. The summed E-state index contributed by atoms with van der Waals surface area (Å²) < 4.78 is 12.3. The summed E-state index contributed by atoms with van der Waals surface area (Å²) in [5.41, 5.74) is 1.08. The Hall–Kier alpha value is -3.09. The fraction of sp³-hybridized carbons (Fsp3) is 0.381. The molecule has 2 aromatic rings. The monoisotopic (exact) mass is 384 g/mol. The Morgan fingerprint density at radius 3 is 2.54 bits per heavy atom. The van der Waals surface area contributed by atoms with Crippen LogP contribution in [0.5, 0.6) is 5.75 Å². The van der Waals surface area contributed by atoms with Crippen molar-refractivity contribution in [1.82, 2.24) is 9.47 Å². The first-order valence-corrected chi connectivity index (χ1v) is 9.26. The quantitative estimate of drug-likeness (QED) is 0.565. The molecule has 3 rings (SSSR count). The lowest BCUT2D eigenvalue weighted by molar-refractivity contribution is -0.134. The molecule has 0 unspecified atom stereocenters. The average Bonchev–Trinajstić information content (AvgIpc) is 3.21. The predicted molar refractivity (Wildman–Crippen MR) is 103 cm³/mol. The summed E-state index contributed by atoms with van der Waals surface area (Å²) in [7, 11) is 1.37. The number of amides is 1. The van der Waals surface area contributed by atoms with E-state index in [-0.39, 0.29) is 30.3 Å². The lowest BCUT2D eigenvalue weighted by Gasteiger charge is -2.33. The second-order valence-corrected chi connectivity index (χ2v) is 6.78. The van der Waals surface area contributed by atoms with Crippen LogP contribution in [0.4, 0.5) is 0 Å². The zero-order valence-electron chi connectivity index (χ0n) is 16.1. The maximum atomic E-state index is 12.5. The number of piperidine rings is 1. The summed E-state index contributed by atoms with van der Waals surface area (Å²) in [6, 6.07) is 10.5. The normalized spacial score (nSPS) is 14.6. The van der Waals surface area contributed by atoms with Gasteiger partial charge in [0.1, 0.15) is 11.4 Å². The molecule has 1 aliphatic rings. The second kappa shape index (κ2) is 8.73. The van der Waals surface area contributed by atoms with Crippen molar-refractivity contribution in [3.8, 4) is 5.75 Å². The minimum atomic E-state index is -0.357. The van der Waals surface area contributed by atoms with Crippen molar-refractivity contribution in [3.05, 3.63) is 53.9 Å². The molecule has 7 nitrogen and oxygen atoms in total. The van der Waals surface area contributed by atoms with Crippen LogP contribution in [0.15, 0.2) is 42.6 Å². The van der Waals surface area contributed by atoms with Crippen LogP contribution in [-0.4, -0.2) is 53.9 Å². The number of ketones is 1. The van der Waals surface area contributed by atoms with Crippen molar-refractivity contribution in [3.63, 3.8) is 0 Å². The summed E-state index contributed by atoms with van der Waals surface area (Å²) in [5, 5.41) is 0. The van der Waals surface area contributed by atoms with Crippen molar-refractivity contribution in [2.24, 2.45) is 0 Å². The van der Waals surface area contributed by atoms with Crippen LogP contribution in [0.25, 0.3) is 0 Å². The zero-order valence-corrected chi connectivity index (χ0v) is 16.1. The molecule has 0 N–H and O–H groups in total. The van der Waals surface area contributed by atoms with E-state index in [0.29, 0.717) is 30.1 Å². The van der Waals surface area contributed by atoms with Crippen molar-refractivity contribution < 1.29 is 23.9 Å². The van der Waals surface area contributed by atoms with Gasteiger partial charge in [-0.05, 0) is 44.0 Å². The van der Waals surface area contributed by atoms with Crippen LogP contribution in [0.2, 0.25) is 0 Å². The van der Waals surface area contributed by atoms with Gasteiger partial charge in [-0.3, -0.25) is 9.59 Å². The Balaban J connectivity index is 1.53.